The van der Waals surface area contributed by atoms with E-state index >= 15 is 0 Å². The summed E-state index contributed by atoms with van der Waals surface area (Å²) in [7, 11) is 1.03. The first-order valence-corrected chi connectivity index (χ1v) is 5.38. The summed E-state index contributed by atoms with van der Waals surface area (Å²) >= 11 is 0. The van der Waals surface area contributed by atoms with Gasteiger partial charge in [-0.05, 0) is 6.07 Å². The molecule has 1 aromatic rings. The Balaban J connectivity index is 3.36. The lowest BCUT2D eigenvalue weighted by molar-refractivity contribution is 0.604. The summed E-state index contributed by atoms with van der Waals surface area (Å²) in [6.07, 6.45) is 0. The highest BCUT2D eigenvalue weighted by molar-refractivity contribution is 8.13. The fourth-order valence-electron chi connectivity index (χ4n) is 0.730. The lowest BCUT2D eigenvalue weighted by Gasteiger charge is -1.96. The molecule has 0 aliphatic carbocycles. The Labute approximate surface area is 79.0 Å². The van der Waals surface area contributed by atoms with Gasteiger partial charge in [-0.25, -0.2) is 17.7 Å². The number of hydrogen-bond acceptors (Lipinski definition) is 2. The van der Waals surface area contributed by atoms with Gasteiger partial charge in [-0.3, -0.25) is 0 Å². The van der Waals surface area contributed by atoms with Crippen LogP contribution in [0.2, 0.25) is 0 Å². The average molecular weight is 220 g/mol. The van der Waals surface area contributed by atoms with E-state index < -0.39 is 14.9 Å². The monoisotopic (exact) mass is 219 g/mol. The second-order valence-corrected chi connectivity index (χ2v) is 4.73. The minimum Gasteiger partial charge on any atom is -0.235 e. The van der Waals surface area contributed by atoms with Crippen molar-refractivity contribution < 1.29 is 12.8 Å². The number of rotatable bonds is 1. The molecular formula is C7H3ClFNO2S. The maximum absolute atomic E-state index is 12.8. The molecule has 0 aliphatic rings. The summed E-state index contributed by atoms with van der Waals surface area (Å²) in [5.41, 5.74) is -0.232. The summed E-state index contributed by atoms with van der Waals surface area (Å²) in [4.78, 5) is 2.48. The summed E-state index contributed by atoms with van der Waals surface area (Å²) < 4.78 is 34.3. The predicted octanol–water partition coefficient (Wildman–Crippen LogP) is 2.30. The topological polar surface area (TPSA) is 38.5 Å². The van der Waals surface area contributed by atoms with E-state index in [1.165, 1.54) is 0 Å². The van der Waals surface area contributed by atoms with Gasteiger partial charge in [-0.15, -0.1) is 0 Å². The van der Waals surface area contributed by atoms with E-state index in [-0.39, 0.29) is 10.6 Å². The Morgan fingerprint density at radius 2 is 2.08 bits per heavy atom. The summed E-state index contributed by atoms with van der Waals surface area (Å²) in [6.45, 7) is 6.51. The molecule has 0 bridgehead atoms. The first-order chi connectivity index (χ1) is 5.95. The van der Waals surface area contributed by atoms with Crippen LogP contribution in [0.15, 0.2) is 23.1 Å². The van der Waals surface area contributed by atoms with Gasteiger partial charge in [0.15, 0.2) is 0 Å². The van der Waals surface area contributed by atoms with E-state index in [0.717, 1.165) is 18.2 Å². The summed E-state index contributed by atoms with van der Waals surface area (Å²) in [6, 6.07) is 2.87. The van der Waals surface area contributed by atoms with Crippen molar-refractivity contribution in [2.75, 3.05) is 0 Å². The molecule has 0 unspecified atom stereocenters. The molecule has 0 N–H and O–H groups in total. The lowest BCUT2D eigenvalue weighted by atomic mass is 10.3. The molecule has 0 saturated carbocycles. The van der Waals surface area contributed by atoms with Crippen molar-refractivity contribution in [1.82, 2.24) is 0 Å². The molecule has 0 heterocycles. The molecule has 3 nitrogen and oxygen atoms in total. The Morgan fingerprint density at radius 1 is 1.46 bits per heavy atom. The first kappa shape index (κ1) is 9.96. The Bertz CT molecular complexity index is 478. The van der Waals surface area contributed by atoms with Gasteiger partial charge in [0, 0.05) is 10.7 Å². The zero-order chi connectivity index (χ0) is 10.1. The van der Waals surface area contributed by atoms with Gasteiger partial charge in [0.2, 0.25) is 5.69 Å². The number of halogens is 2. The van der Waals surface area contributed by atoms with E-state index in [2.05, 4.69) is 4.85 Å². The minimum atomic E-state index is -3.92. The van der Waals surface area contributed by atoms with Crippen LogP contribution in [0.3, 0.4) is 0 Å². The Hall–Kier alpha value is -1.12. The van der Waals surface area contributed by atoms with E-state index in [1.807, 2.05) is 0 Å². The van der Waals surface area contributed by atoms with Crippen molar-refractivity contribution in [2.45, 2.75) is 4.90 Å². The fraction of sp³-hybridized carbons (Fsp3) is 0. The standard InChI is InChI=1S/C7H3ClFNO2S/c1-10-7-3-2-5(4-6(7)9)13(8,11)12/h2-4H. The van der Waals surface area contributed by atoms with Crippen molar-refractivity contribution >= 4 is 25.4 Å². The zero-order valence-corrected chi connectivity index (χ0v) is 7.73. The smallest absolute Gasteiger partial charge is 0.235 e. The van der Waals surface area contributed by atoms with E-state index in [4.69, 9.17) is 17.3 Å². The minimum absolute atomic E-state index is 0.232. The molecule has 1 aromatic carbocycles. The fourth-order valence-corrected chi connectivity index (χ4v) is 1.49. The number of nitrogens with zero attached hydrogens (tertiary/aromatic N) is 1. The Morgan fingerprint density at radius 3 is 2.46 bits per heavy atom. The highest BCUT2D eigenvalue weighted by atomic mass is 35.7. The Kier molecular flexibility index (Phi) is 2.55. The predicted molar refractivity (Wildman–Crippen MR) is 45.7 cm³/mol. The largest absolute Gasteiger partial charge is 0.261 e. The van der Waals surface area contributed by atoms with Crippen LogP contribution >= 0.6 is 10.7 Å². The van der Waals surface area contributed by atoms with E-state index in [1.54, 1.807) is 0 Å². The molecule has 0 aromatic heterocycles. The van der Waals surface area contributed by atoms with Crippen molar-refractivity contribution in [3.63, 3.8) is 0 Å². The second kappa shape index (κ2) is 3.32. The van der Waals surface area contributed by atoms with Gasteiger partial charge in [-0.2, -0.15) is 0 Å². The molecular weight excluding hydrogens is 217 g/mol. The lowest BCUT2D eigenvalue weighted by Crippen LogP contribution is -1.90. The van der Waals surface area contributed by atoms with Crippen molar-refractivity contribution in [2.24, 2.45) is 0 Å². The second-order valence-electron chi connectivity index (χ2n) is 2.16. The SMILES string of the molecule is [C-]#[N+]c1ccc(S(=O)(=O)Cl)cc1F. The normalized spacial score (nSPS) is 10.8. The van der Waals surface area contributed by atoms with Gasteiger partial charge >= 0.3 is 0 Å². The molecule has 0 saturated heterocycles. The van der Waals surface area contributed by atoms with E-state index in [0.29, 0.717) is 0 Å². The third-order valence-corrected chi connectivity index (χ3v) is 2.67. The van der Waals surface area contributed by atoms with Gasteiger partial charge in [0.05, 0.1) is 11.5 Å². The summed E-state index contributed by atoms with van der Waals surface area (Å²) in [5, 5.41) is 0. The highest BCUT2D eigenvalue weighted by Gasteiger charge is 2.12. The van der Waals surface area contributed by atoms with Crippen LogP contribution in [0.25, 0.3) is 4.85 Å². The van der Waals surface area contributed by atoms with Crippen LogP contribution in [0.4, 0.5) is 10.1 Å². The van der Waals surface area contributed by atoms with Gasteiger partial charge in [0.25, 0.3) is 9.05 Å². The molecule has 0 atom stereocenters. The molecule has 1 rings (SSSR count). The third kappa shape index (κ3) is 2.17. The van der Waals surface area contributed by atoms with Gasteiger partial charge < -0.3 is 0 Å². The molecule has 0 spiro atoms. The van der Waals surface area contributed by atoms with Gasteiger partial charge in [-0.1, -0.05) is 12.1 Å². The van der Waals surface area contributed by atoms with Crippen LogP contribution in [0.5, 0.6) is 0 Å². The molecule has 0 fully saturated rings. The van der Waals surface area contributed by atoms with Crippen molar-refractivity contribution in [3.8, 4) is 0 Å². The van der Waals surface area contributed by atoms with Crippen molar-refractivity contribution in [1.29, 1.82) is 0 Å². The molecule has 6 heteroatoms. The molecule has 0 aliphatic heterocycles. The van der Waals surface area contributed by atoms with Crippen molar-refractivity contribution in [3.05, 3.63) is 35.4 Å². The summed E-state index contributed by atoms with van der Waals surface area (Å²) in [5.74, 6) is -0.892. The highest BCUT2D eigenvalue weighted by Crippen LogP contribution is 2.23. The van der Waals surface area contributed by atoms with Gasteiger partial charge in [0.1, 0.15) is 5.82 Å². The van der Waals surface area contributed by atoms with Crippen LogP contribution < -0.4 is 0 Å². The van der Waals surface area contributed by atoms with Crippen LogP contribution in [-0.2, 0) is 9.05 Å². The van der Waals surface area contributed by atoms with Crippen LogP contribution in [0.1, 0.15) is 0 Å². The molecule has 0 radical (unpaired) electrons. The number of benzene rings is 1. The van der Waals surface area contributed by atoms with Crippen LogP contribution in [-0.4, -0.2) is 8.42 Å². The third-order valence-electron chi connectivity index (χ3n) is 1.32. The number of hydrogen-bond donors (Lipinski definition) is 0. The van der Waals surface area contributed by atoms with E-state index in [9.17, 15) is 12.8 Å². The molecule has 13 heavy (non-hydrogen) atoms. The average Bonchev–Trinajstić information content (AvgIpc) is 2.02. The quantitative estimate of drug-likeness (QED) is 0.537. The maximum atomic E-state index is 12.8. The maximum Gasteiger partial charge on any atom is 0.261 e. The zero-order valence-electron chi connectivity index (χ0n) is 6.16. The molecule has 0 amide bonds. The van der Waals surface area contributed by atoms with Crippen LogP contribution in [0, 0.1) is 12.4 Å². The molecule has 68 valence electrons. The first-order valence-electron chi connectivity index (χ1n) is 3.07.